The van der Waals surface area contributed by atoms with Gasteiger partial charge in [0.05, 0.1) is 17.8 Å². The van der Waals surface area contributed by atoms with E-state index in [2.05, 4.69) is 5.32 Å². The Hall–Kier alpha value is -3.52. The zero-order valence-electron chi connectivity index (χ0n) is 19.1. The van der Waals surface area contributed by atoms with Gasteiger partial charge in [0.15, 0.2) is 11.5 Å². The van der Waals surface area contributed by atoms with Crippen LogP contribution in [0.5, 0.6) is 11.5 Å². The number of carbonyl (C=O) groups is 3. The largest absolute Gasteiger partial charge is 0.493 e. The molecule has 4 rings (SSSR count). The number of urea groups is 1. The van der Waals surface area contributed by atoms with Gasteiger partial charge in [0.2, 0.25) is 0 Å². The third-order valence-corrected chi connectivity index (χ3v) is 6.31. The van der Waals surface area contributed by atoms with Gasteiger partial charge in [0, 0.05) is 10.0 Å². The number of anilines is 1. The van der Waals surface area contributed by atoms with Gasteiger partial charge in [-0.05, 0) is 66.1 Å². The summed E-state index contributed by atoms with van der Waals surface area (Å²) in [5.74, 6) is -1.05. The van der Waals surface area contributed by atoms with Crippen LogP contribution in [0.25, 0.3) is 6.08 Å². The van der Waals surface area contributed by atoms with Crippen LogP contribution >= 0.6 is 34.8 Å². The fraction of sp³-hybridized carbons (Fsp3) is 0.115. The SMILES string of the molecule is COc1cc(/C=C2/C(=O)NC(=O)N(c3ccc(C)c(Cl)c3)C2=O)cc(Cl)c1OCc1ccc(Cl)cc1. The molecule has 0 radical (unpaired) electrons. The first-order valence-corrected chi connectivity index (χ1v) is 11.7. The monoisotopic (exact) mass is 544 g/mol. The van der Waals surface area contributed by atoms with E-state index in [1.807, 2.05) is 12.1 Å². The normalized spacial score (nSPS) is 14.8. The highest BCUT2D eigenvalue weighted by atomic mass is 35.5. The van der Waals surface area contributed by atoms with Crippen LogP contribution in [-0.2, 0) is 16.2 Å². The van der Waals surface area contributed by atoms with Gasteiger partial charge < -0.3 is 9.47 Å². The van der Waals surface area contributed by atoms with E-state index < -0.39 is 17.8 Å². The summed E-state index contributed by atoms with van der Waals surface area (Å²) in [7, 11) is 1.44. The minimum atomic E-state index is -0.872. The number of carbonyl (C=O) groups excluding carboxylic acids is 3. The molecule has 1 heterocycles. The first-order chi connectivity index (χ1) is 17.2. The summed E-state index contributed by atoms with van der Waals surface area (Å²) in [6.07, 6.45) is 1.32. The zero-order chi connectivity index (χ0) is 26.0. The van der Waals surface area contributed by atoms with Gasteiger partial charge in [-0.1, -0.05) is 53.0 Å². The molecule has 0 bridgehead atoms. The number of hydrogen-bond donors (Lipinski definition) is 1. The lowest BCUT2D eigenvalue weighted by atomic mass is 10.1. The molecule has 1 saturated heterocycles. The molecule has 1 aliphatic heterocycles. The van der Waals surface area contributed by atoms with Gasteiger partial charge in [0.25, 0.3) is 11.8 Å². The molecule has 3 aromatic rings. The lowest BCUT2D eigenvalue weighted by molar-refractivity contribution is -0.122. The van der Waals surface area contributed by atoms with E-state index >= 15 is 0 Å². The molecule has 1 fully saturated rings. The Kier molecular flexibility index (Phi) is 7.54. The standard InChI is InChI=1S/C26H19Cl3N2O5/c1-14-3-8-18(12-20(14)28)31-25(33)19(24(32)30-26(31)34)9-16-10-21(29)23(22(11-16)35-2)36-13-15-4-6-17(27)7-5-15/h3-12H,13H2,1-2H3,(H,30,32,34)/b19-9-. The predicted octanol–water partition coefficient (Wildman–Crippen LogP) is 6.21. The highest BCUT2D eigenvalue weighted by Gasteiger charge is 2.37. The number of hydrogen-bond acceptors (Lipinski definition) is 5. The molecule has 7 nitrogen and oxygen atoms in total. The van der Waals surface area contributed by atoms with E-state index in [1.54, 1.807) is 37.3 Å². The number of nitrogens with zero attached hydrogens (tertiary/aromatic N) is 1. The van der Waals surface area contributed by atoms with Crippen LogP contribution in [0, 0.1) is 6.92 Å². The van der Waals surface area contributed by atoms with Crippen molar-refractivity contribution in [1.82, 2.24) is 5.32 Å². The van der Waals surface area contributed by atoms with Crippen LogP contribution in [0.2, 0.25) is 15.1 Å². The molecule has 184 valence electrons. The molecule has 10 heteroatoms. The first kappa shape index (κ1) is 25.6. The summed E-state index contributed by atoms with van der Waals surface area (Å²) in [6, 6.07) is 14.1. The van der Waals surface area contributed by atoms with Crippen molar-refractivity contribution in [2.24, 2.45) is 0 Å². The molecule has 0 saturated carbocycles. The van der Waals surface area contributed by atoms with Gasteiger partial charge in [0.1, 0.15) is 12.2 Å². The fourth-order valence-corrected chi connectivity index (χ4v) is 4.05. The molecule has 1 aliphatic rings. The van der Waals surface area contributed by atoms with Crippen molar-refractivity contribution in [3.63, 3.8) is 0 Å². The minimum absolute atomic E-state index is 0.206. The topological polar surface area (TPSA) is 84.9 Å². The molecule has 0 aliphatic carbocycles. The van der Waals surface area contributed by atoms with E-state index in [9.17, 15) is 14.4 Å². The van der Waals surface area contributed by atoms with Crippen molar-refractivity contribution in [1.29, 1.82) is 0 Å². The Morgan fingerprint density at radius 3 is 2.33 bits per heavy atom. The number of halogens is 3. The number of benzene rings is 3. The van der Waals surface area contributed by atoms with Crippen molar-refractivity contribution >= 4 is 64.4 Å². The number of methoxy groups -OCH3 is 1. The van der Waals surface area contributed by atoms with Gasteiger partial charge in [-0.25, -0.2) is 9.69 Å². The van der Waals surface area contributed by atoms with Crippen LogP contribution in [-0.4, -0.2) is 25.0 Å². The summed E-state index contributed by atoms with van der Waals surface area (Å²) >= 11 is 18.5. The Bertz CT molecular complexity index is 1400. The molecule has 0 aromatic heterocycles. The smallest absolute Gasteiger partial charge is 0.335 e. The Morgan fingerprint density at radius 2 is 1.67 bits per heavy atom. The van der Waals surface area contributed by atoms with E-state index in [0.717, 1.165) is 16.0 Å². The van der Waals surface area contributed by atoms with Crippen LogP contribution < -0.4 is 19.7 Å². The molecule has 0 unspecified atom stereocenters. The van der Waals surface area contributed by atoms with Gasteiger partial charge in [-0.2, -0.15) is 0 Å². The molecule has 0 atom stereocenters. The Balaban J connectivity index is 1.64. The third kappa shape index (κ3) is 5.33. The van der Waals surface area contributed by atoms with E-state index in [-0.39, 0.29) is 22.9 Å². The Morgan fingerprint density at radius 1 is 0.944 bits per heavy atom. The fourth-order valence-electron chi connectivity index (χ4n) is 3.48. The third-order valence-electron chi connectivity index (χ3n) is 5.37. The lowest BCUT2D eigenvalue weighted by Gasteiger charge is -2.26. The molecule has 3 aromatic carbocycles. The van der Waals surface area contributed by atoms with Crippen molar-refractivity contribution < 1.29 is 23.9 Å². The molecule has 1 N–H and O–H groups in total. The number of ether oxygens (including phenoxy) is 2. The van der Waals surface area contributed by atoms with E-state index in [4.69, 9.17) is 44.3 Å². The second-order valence-electron chi connectivity index (χ2n) is 7.84. The van der Waals surface area contributed by atoms with Crippen molar-refractivity contribution in [2.45, 2.75) is 13.5 Å². The first-order valence-electron chi connectivity index (χ1n) is 10.6. The summed E-state index contributed by atoms with van der Waals surface area (Å²) < 4.78 is 11.3. The maximum absolute atomic E-state index is 13.2. The second kappa shape index (κ2) is 10.6. The zero-order valence-corrected chi connectivity index (χ0v) is 21.4. The highest BCUT2D eigenvalue weighted by molar-refractivity contribution is 6.39. The van der Waals surface area contributed by atoms with E-state index in [1.165, 1.54) is 25.3 Å². The number of barbiturate groups is 1. The summed E-state index contributed by atoms with van der Waals surface area (Å²) in [6.45, 7) is 2.00. The molecule has 36 heavy (non-hydrogen) atoms. The van der Waals surface area contributed by atoms with Crippen LogP contribution in [0.15, 0.2) is 60.2 Å². The number of aryl methyl sites for hydroxylation is 1. The van der Waals surface area contributed by atoms with Crippen molar-refractivity contribution in [2.75, 3.05) is 12.0 Å². The number of rotatable bonds is 6. The summed E-state index contributed by atoms with van der Waals surface area (Å²) in [5, 5.41) is 3.37. The number of amides is 4. The average Bonchev–Trinajstić information content (AvgIpc) is 2.84. The quantitative estimate of drug-likeness (QED) is 0.294. The molecule has 0 spiro atoms. The van der Waals surface area contributed by atoms with Crippen LogP contribution in [0.1, 0.15) is 16.7 Å². The lowest BCUT2D eigenvalue weighted by Crippen LogP contribution is -2.54. The van der Waals surface area contributed by atoms with Crippen molar-refractivity contribution in [3.8, 4) is 11.5 Å². The number of imide groups is 2. The maximum Gasteiger partial charge on any atom is 0.335 e. The van der Waals surface area contributed by atoms with Crippen LogP contribution in [0.4, 0.5) is 10.5 Å². The summed E-state index contributed by atoms with van der Waals surface area (Å²) in [5.41, 5.74) is 2.00. The van der Waals surface area contributed by atoms with E-state index in [0.29, 0.717) is 27.1 Å². The van der Waals surface area contributed by atoms with Crippen molar-refractivity contribution in [3.05, 3.63) is 91.9 Å². The maximum atomic E-state index is 13.2. The number of nitrogens with one attached hydrogen (secondary N) is 1. The van der Waals surface area contributed by atoms with Crippen LogP contribution in [0.3, 0.4) is 0 Å². The highest BCUT2D eigenvalue weighted by Crippen LogP contribution is 2.38. The predicted molar refractivity (Wildman–Crippen MR) is 139 cm³/mol. The summed E-state index contributed by atoms with van der Waals surface area (Å²) in [4.78, 5) is 39.0. The molecular weight excluding hydrogens is 527 g/mol. The van der Waals surface area contributed by atoms with Gasteiger partial charge >= 0.3 is 6.03 Å². The molecular formula is C26H19Cl3N2O5. The minimum Gasteiger partial charge on any atom is -0.493 e. The second-order valence-corrected chi connectivity index (χ2v) is 9.09. The molecule has 4 amide bonds. The average molecular weight is 546 g/mol. The Labute approximate surface area is 222 Å². The van der Waals surface area contributed by atoms with Gasteiger partial charge in [-0.3, -0.25) is 14.9 Å². The van der Waals surface area contributed by atoms with Gasteiger partial charge in [-0.15, -0.1) is 0 Å².